The lowest BCUT2D eigenvalue weighted by Gasteiger charge is -2.26. The highest BCUT2D eigenvalue weighted by molar-refractivity contribution is 5.70. The first kappa shape index (κ1) is 65.9. The fourth-order valence-electron chi connectivity index (χ4n) is 9.24. The van der Waals surface area contributed by atoms with E-state index in [1.165, 1.54) is 96.3 Å². The molecule has 0 saturated carbocycles. The average Bonchev–Trinajstić information content (AvgIpc) is 3.32. The lowest BCUT2D eigenvalue weighted by molar-refractivity contribution is -0.151. The van der Waals surface area contributed by atoms with Crippen molar-refractivity contribution < 1.29 is 28.6 Å². The molecule has 0 aromatic rings. The second kappa shape index (κ2) is 51.3. The van der Waals surface area contributed by atoms with Gasteiger partial charge in [-0.3, -0.25) is 9.59 Å². The van der Waals surface area contributed by atoms with Gasteiger partial charge < -0.3 is 24.0 Å². The van der Waals surface area contributed by atoms with Gasteiger partial charge in [-0.2, -0.15) is 0 Å². The molecule has 0 saturated heterocycles. The molecule has 0 heterocycles. The van der Waals surface area contributed by atoms with E-state index in [9.17, 15) is 14.4 Å². The van der Waals surface area contributed by atoms with Crippen molar-refractivity contribution in [1.29, 1.82) is 0 Å². The molecule has 0 N–H and O–H groups in total. The summed E-state index contributed by atoms with van der Waals surface area (Å²) in [6, 6.07) is 0. The highest BCUT2D eigenvalue weighted by atomic mass is 16.6. The maximum absolute atomic E-state index is 13.8. The van der Waals surface area contributed by atoms with Crippen LogP contribution in [0.4, 0.5) is 4.79 Å². The van der Waals surface area contributed by atoms with Gasteiger partial charge in [0.2, 0.25) is 0 Å². The molecule has 0 atom stereocenters. The van der Waals surface area contributed by atoms with Gasteiger partial charge in [0.15, 0.2) is 0 Å². The topological polar surface area (TPSA) is 85.4 Å². The zero-order chi connectivity index (χ0) is 50.0. The van der Waals surface area contributed by atoms with Gasteiger partial charge in [0, 0.05) is 25.9 Å². The molecule has 0 aliphatic rings. The molecule has 1 amide bonds. The monoisotopic (exact) mass is 961 g/mol. The van der Waals surface area contributed by atoms with E-state index in [4.69, 9.17) is 14.2 Å². The Labute approximate surface area is 423 Å². The molecule has 0 aliphatic carbocycles. The van der Waals surface area contributed by atoms with E-state index in [1.807, 2.05) is 4.90 Å². The van der Waals surface area contributed by atoms with Crippen LogP contribution in [0.3, 0.4) is 0 Å². The number of ether oxygens (including phenoxy) is 3. The first-order valence-electron chi connectivity index (χ1n) is 29.8. The van der Waals surface area contributed by atoms with Gasteiger partial charge in [0.25, 0.3) is 0 Å². The van der Waals surface area contributed by atoms with Gasteiger partial charge in [-0.1, -0.05) is 188 Å². The number of nitrogens with zero attached hydrogens (tertiary/aromatic N) is 2. The van der Waals surface area contributed by atoms with Gasteiger partial charge in [-0.15, -0.1) is 0 Å². The molecule has 0 aromatic carbocycles. The average molecular weight is 962 g/mol. The summed E-state index contributed by atoms with van der Waals surface area (Å²) in [5.74, 6) is -0.0104. The third-order valence-electron chi connectivity index (χ3n) is 13.7. The molecule has 68 heavy (non-hydrogen) atoms. The summed E-state index contributed by atoms with van der Waals surface area (Å²) in [6.45, 7) is 13.6. The minimum absolute atomic E-state index is 0.00519. The number of carbonyl (C=O) groups is 3. The van der Waals surface area contributed by atoms with E-state index in [0.717, 1.165) is 167 Å². The fourth-order valence-corrected chi connectivity index (χ4v) is 9.24. The molecule has 8 heteroatoms. The molecule has 0 bridgehead atoms. The molecule has 0 fully saturated rings. The Balaban J connectivity index is 5.08. The Morgan fingerprint density at radius 1 is 0.353 bits per heavy atom. The zero-order valence-corrected chi connectivity index (χ0v) is 46.6. The van der Waals surface area contributed by atoms with Crippen molar-refractivity contribution in [3.63, 3.8) is 0 Å². The maximum Gasteiger partial charge on any atom is 0.410 e. The van der Waals surface area contributed by atoms with Crippen LogP contribution in [0.15, 0.2) is 12.2 Å². The summed E-state index contributed by atoms with van der Waals surface area (Å²) in [5.41, 5.74) is 0. The number of amides is 1. The van der Waals surface area contributed by atoms with E-state index in [0.29, 0.717) is 25.9 Å². The van der Waals surface area contributed by atoms with E-state index < -0.39 is 0 Å². The van der Waals surface area contributed by atoms with Crippen LogP contribution >= 0.6 is 0 Å². The van der Waals surface area contributed by atoms with E-state index in [-0.39, 0.29) is 36.3 Å². The summed E-state index contributed by atoms with van der Waals surface area (Å²) in [6.07, 6.45) is 50.3. The number of allylic oxidation sites excluding steroid dienone is 1. The second-order valence-corrected chi connectivity index (χ2v) is 20.8. The standard InChI is InChI=1S/C60H116N2O6/c1-8-13-18-23-28-33-42-53-62(54-43-52-61(6)7)60(65)68-57(48-38-29-24-26-31-40-50-58(63)66-55(44-34-19-14-9-2)45-35-20-15-10-3)49-39-30-25-27-32-41-51-59(64)67-56(46-36-21-16-11-4)47-37-22-17-12-5/h28,33,55-57H,8-27,29-32,34-54H2,1-7H3/b33-28-. The van der Waals surface area contributed by atoms with Crippen LogP contribution in [0.25, 0.3) is 0 Å². The first-order valence-corrected chi connectivity index (χ1v) is 29.8. The molecule has 0 radical (unpaired) electrons. The number of unbranched alkanes of at least 4 members (excludes halogenated alkanes) is 25. The quantitative estimate of drug-likeness (QED) is 0.0260. The highest BCUT2D eigenvalue weighted by Crippen LogP contribution is 2.21. The van der Waals surface area contributed by atoms with Gasteiger partial charge in [-0.25, -0.2) is 4.79 Å². The minimum Gasteiger partial charge on any atom is -0.462 e. The number of hydrogen-bond donors (Lipinski definition) is 0. The second-order valence-electron chi connectivity index (χ2n) is 20.8. The lowest BCUT2D eigenvalue weighted by Crippen LogP contribution is -2.37. The minimum atomic E-state index is -0.153. The Hall–Kier alpha value is -2.09. The smallest absolute Gasteiger partial charge is 0.410 e. The number of hydrogen-bond acceptors (Lipinski definition) is 7. The number of esters is 2. The van der Waals surface area contributed by atoms with E-state index in [1.54, 1.807) is 0 Å². The molecular weight excluding hydrogens is 845 g/mol. The highest BCUT2D eigenvalue weighted by Gasteiger charge is 2.21. The SMILES string of the molecule is CCCCC/C=C\CCN(CCCN(C)C)C(=O)OC(CCCCCCCCC(=O)OC(CCCCCC)CCCCCC)CCCCCCCCC(=O)OC(CCCCCC)CCCCCC. The summed E-state index contributed by atoms with van der Waals surface area (Å²) in [7, 11) is 4.18. The first-order chi connectivity index (χ1) is 33.2. The molecular formula is C60H116N2O6. The van der Waals surface area contributed by atoms with Crippen LogP contribution < -0.4 is 0 Å². The van der Waals surface area contributed by atoms with Gasteiger partial charge in [0.1, 0.15) is 18.3 Å². The van der Waals surface area contributed by atoms with Gasteiger partial charge >= 0.3 is 18.0 Å². The van der Waals surface area contributed by atoms with E-state index in [2.05, 4.69) is 65.8 Å². The predicted molar refractivity (Wildman–Crippen MR) is 292 cm³/mol. The third kappa shape index (κ3) is 45.1. The maximum atomic E-state index is 13.8. The van der Waals surface area contributed by atoms with Crippen molar-refractivity contribution in [3.8, 4) is 0 Å². The van der Waals surface area contributed by atoms with Crippen molar-refractivity contribution >= 4 is 18.0 Å². The Kier molecular flexibility index (Phi) is 49.7. The van der Waals surface area contributed by atoms with Crippen LogP contribution in [0, 0.1) is 0 Å². The largest absolute Gasteiger partial charge is 0.462 e. The van der Waals surface area contributed by atoms with Gasteiger partial charge in [0.05, 0.1) is 0 Å². The molecule has 0 aliphatic heterocycles. The Morgan fingerprint density at radius 3 is 1.06 bits per heavy atom. The normalized spacial score (nSPS) is 11.8. The predicted octanol–water partition coefficient (Wildman–Crippen LogP) is 18.2. The number of carbonyl (C=O) groups excluding carboxylic acids is 3. The Morgan fingerprint density at radius 2 is 0.676 bits per heavy atom. The molecule has 0 rings (SSSR count). The van der Waals surface area contributed by atoms with Crippen molar-refractivity contribution in [2.24, 2.45) is 0 Å². The zero-order valence-electron chi connectivity index (χ0n) is 46.6. The van der Waals surface area contributed by atoms with Crippen LogP contribution in [-0.2, 0) is 23.8 Å². The summed E-state index contributed by atoms with van der Waals surface area (Å²) in [5, 5.41) is 0. The third-order valence-corrected chi connectivity index (χ3v) is 13.7. The molecule has 402 valence electrons. The Bertz CT molecular complexity index is 1050. The summed E-state index contributed by atoms with van der Waals surface area (Å²) < 4.78 is 18.4. The van der Waals surface area contributed by atoms with Crippen molar-refractivity contribution in [2.75, 3.05) is 33.7 Å². The van der Waals surface area contributed by atoms with Crippen molar-refractivity contribution in [2.45, 2.75) is 323 Å². The summed E-state index contributed by atoms with van der Waals surface area (Å²) >= 11 is 0. The van der Waals surface area contributed by atoms with Gasteiger partial charge in [-0.05, 0) is 136 Å². The number of rotatable bonds is 52. The van der Waals surface area contributed by atoms with Crippen molar-refractivity contribution in [3.05, 3.63) is 12.2 Å². The van der Waals surface area contributed by atoms with Crippen LogP contribution in [0.5, 0.6) is 0 Å². The molecule has 0 aromatic heterocycles. The van der Waals surface area contributed by atoms with Crippen LogP contribution in [0.2, 0.25) is 0 Å². The van der Waals surface area contributed by atoms with E-state index >= 15 is 0 Å². The van der Waals surface area contributed by atoms with Crippen LogP contribution in [0.1, 0.15) is 304 Å². The van der Waals surface area contributed by atoms with Crippen LogP contribution in [-0.4, -0.2) is 79.9 Å². The molecule has 0 spiro atoms. The fraction of sp³-hybridized carbons (Fsp3) is 0.917. The van der Waals surface area contributed by atoms with Crippen molar-refractivity contribution in [1.82, 2.24) is 9.80 Å². The summed E-state index contributed by atoms with van der Waals surface area (Å²) in [4.78, 5) is 43.5. The lowest BCUT2D eigenvalue weighted by atomic mass is 10.0. The molecule has 8 nitrogen and oxygen atoms in total. The molecule has 0 unspecified atom stereocenters.